The molecule has 1 saturated carbocycles. The first kappa shape index (κ1) is 16.2. The zero-order chi connectivity index (χ0) is 15.7. The number of nitrogens with one attached hydrogen (secondary N) is 1. The van der Waals surface area contributed by atoms with Gasteiger partial charge < -0.3 is 4.74 Å². The summed E-state index contributed by atoms with van der Waals surface area (Å²) in [6.07, 6.45) is 2.39. The van der Waals surface area contributed by atoms with Crippen molar-refractivity contribution in [1.82, 2.24) is 9.62 Å². The van der Waals surface area contributed by atoms with E-state index in [-0.39, 0.29) is 22.6 Å². The lowest BCUT2D eigenvalue weighted by Crippen LogP contribution is -2.48. The summed E-state index contributed by atoms with van der Waals surface area (Å²) in [5.74, 6) is 0. The minimum absolute atomic E-state index is 0.104. The quantitative estimate of drug-likeness (QED) is 0.884. The fraction of sp³-hybridized carbons (Fsp3) is 0.600. The Morgan fingerprint density at radius 3 is 2.91 bits per heavy atom. The van der Waals surface area contributed by atoms with Crippen LogP contribution in [-0.2, 0) is 14.8 Å². The molecule has 1 aliphatic heterocycles. The summed E-state index contributed by atoms with van der Waals surface area (Å²) in [4.78, 5) is 2.52. The fourth-order valence-corrected chi connectivity index (χ4v) is 4.39. The van der Waals surface area contributed by atoms with Crippen molar-refractivity contribution in [2.45, 2.75) is 36.8 Å². The van der Waals surface area contributed by atoms with Crippen LogP contribution in [0, 0.1) is 6.92 Å². The Morgan fingerprint density at radius 2 is 2.18 bits per heavy atom. The summed E-state index contributed by atoms with van der Waals surface area (Å²) in [6, 6.07) is 5.69. The molecule has 0 radical (unpaired) electrons. The van der Waals surface area contributed by atoms with Crippen LogP contribution in [0.25, 0.3) is 0 Å². The number of nitrogens with zero attached hydrogens (tertiary/aromatic N) is 1. The van der Waals surface area contributed by atoms with Gasteiger partial charge in [-0.05, 0) is 31.4 Å². The van der Waals surface area contributed by atoms with Crippen molar-refractivity contribution in [3.63, 3.8) is 0 Å². The zero-order valence-corrected chi connectivity index (χ0v) is 14.2. The number of ether oxygens (including phenoxy) is 1. The molecule has 1 unspecified atom stereocenters. The number of benzene rings is 1. The van der Waals surface area contributed by atoms with Crippen LogP contribution in [0.2, 0.25) is 5.02 Å². The lowest BCUT2D eigenvalue weighted by molar-refractivity contribution is -0.0277. The summed E-state index contributed by atoms with van der Waals surface area (Å²) >= 11 is 6.11. The number of hydrogen-bond donors (Lipinski definition) is 1. The zero-order valence-electron chi connectivity index (χ0n) is 12.6. The molecule has 1 aromatic carbocycles. The third-order valence-electron chi connectivity index (χ3n) is 4.18. The van der Waals surface area contributed by atoms with Crippen LogP contribution >= 0.6 is 11.6 Å². The summed E-state index contributed by atoms with van der Waals surface area (Å²) in [5, 5.41) is 0.277. The molecule has 1 N–H and O–H groups in total. The van der Waals surface area contributed by atoms with E-state index < -0.39 is 10.0 Å². The van der Waals surface area contributed by atoms with Gasteiger partial charge in [0.1, 0.15) is 4.90 Å². The van der Waals surface area contributed by atoms with Gasteiger partial charge >= 0.3 is 0 Å². The first-order valence-electron chi connectivity index (χ1n) is 7.58. The van der Waals surface area contributed by atoms with Crippen LogP contribution in [0.4, 0.5) is 0 Å². The topological polar surface area (TPSA) is 58.6 Å². The highest BCUT2D eigenvalue weighted by molar-refractivity contribution is 7.89. The van der Waals surface area contributed by atoms with Crippen molar-refractivity contribution in [2.75, 3.05) is 26.2 Å². The Hall–Kier alpha value is -0.660. The van der Waals surface area contributed by atoms with Crippen LogP contribution in [0.1, 0.15) is 18.4 Å². The molecule has 0 spiro atoms. The third-order valence-corrected chi connectivity index (χ3v) is 6.26. The van der Waals surface area contributed by atoms with Crippen LogP contribution in [0.15, 0.2) is 23.1 Å². The molecule has 1 aromatic rings. The Morgan fingerprint density at radius 1 is 1.41 bits per heavy atom. The van der Waals surface area contributed by atoms with Crippen molar-refractivity contribution >= 4 is 21.6 Å². The van der Waals surface area contributed by atoms with Gasteiger partial charge in [-0.1, -0.05) is 23.7 Å². The fourth-order valence-electron chi connectivity index (χ4n) is 2.75. The van der Waals surface area contributed by atoms with Crippen LogP contribution in [0.5, 0.6) is 0 Å². The van der Waals surface area contributed by atoms with Gasteiger partial charge in [-0.25, -0.2) is 13.1 Å². The number of morpholine rings is 1. The SMILES string of the molecule is Cc1cccc(S(=O)(=O)NCC2CN(C3CC3)CCO2)c1Cl. The molecular formula is C15H21ClN2O3S. The van der Waals surface area contributed by atoms with E-state index in [1.807, 2.05) is 0 Å². The van der Waals surface area contributed by atoms with E-state index >= 15 is 0 Å². The second kappa shape index (κ2) is 6.45. The van der Waals surface area contributed by atoms with E-state index in [4.69, 9.17) is 16.3 Å². The molecule has 1 aliphatic carbocycles. The van der Waals surface area contributed by atoms with Crippen molar-refractivity contribution in [3.05, 3.63) is 28.8 Å². The molecule has 1 heterocycles. The molecule has 0 aromatic heterocycles. The van der Waals surface area contributed by atoms with Crippen molar-refractivity contribution in [2.24, 2.45) is 0 Å². The highest BCUT2D eigenvalue weighted by Gasteiger charge is 2.33. The second-order valence-electron chi connectivity index (χ2n) is 5.96. The Labute approximate surface area is 136 Å². The van der Waals surface area contributed by atoms with Crippen LogP contribution < -0.4 is 4.72 Å². The molecule has 2 aliphatic rings. The van der Waals surface area contributed by atoms with Gasteiger partial charge in [-0.2, -0.15) is 0 Å². The molecule has 22 heavy (non-hydrogen) atoms. The van der Waals surface area contributed by atoms with E-state index in [1.165, 1.54) is 18.9 Å². The summed E-state index contributed by atoms with van der Waals surface area (Å²) in [5.41, 5.74) is 0.748. The molecule has 3 rings (SSSR count). The minimum atomic E-state index is -3.62. The normalized spacial score (nSPS) is 23.6. The number of halogens is 1. The average molecular weight is 345 g/mol. The predicted octanol–water partition coefficient (Wildman–Crippen LogP) is 1.79. The predicted molar refractivity (Wildman–Crippen MR) is 85.7 cm³/mol. The Balaban J connectivity index is 1.63. The van der Waals surface area contributed by atoms with Gasteiger partial charge in [0, 0.05) is 25.7 Å². The standard InChI is InChI=1S/C15H21ClN2O3S/c1-11-3-2-4-14(15(11)16)22(19,20)17-9-13-10-18(7-8-21-13)12-5-6-12/h2-4,12-13,17H,5-10H2,1H3. The van der Waals surface area contributed by atoms with Gasteiger partial charge in [0.25, 0.3) is 0 Å². The van der Waals surface area contributed by atoms with E-state index in [1.54, 1.807) is 19.1 Å². The third kappa shape index (κ3) is 3.63. The van der Waals surface area contributed by atoms with Crippen LogP contribution in [0.3, 0.4) is 0 Å². The highest BCUT2D eigenvalue weighted by Crippen LogP contribution is 2.28. The average Bonchev–Trinajstić information content (AvgIpc) is 3.33. The van der Waals surface area contributed by atoms with Crippen molar-refractivity contribution in [1.29, 1.82) is 0 Å². The molecule has 1 saturated heterocycles. The summed E-state index contributed by atoms with van der Waals surface area (Å²) in [7, 11) is -3.62. The molecule has 122 valence electrons. The van der Waals surface area contributed by atoms with Crippen molar-refractivity contribution < 1.29 is 13.2 Å². The summed E-state index contributed by atoms with van der Waals surface area (Å²) in [6.45, 7) is 4.45. The van der Waals surface area contributed by atoms with Gasteiger partial charge in [0.2, 0.25) is 10.0 Å². The van der Waals surface area contributed by atoms with Crippen molar-refractivity contribution in [3.8, 4) is 0 Å². The largest absolute Gasteiger partial charge is 0.374 e. The van der Waals surface area contributed by atoms with Gasteiger partial charge in [-0.15, -0.1) is 0 Å². The molecule has 1 atom stereocenters. The maximum atomic E-state index is 12.4. The Kier molecular flexibility index (Phi) is 4.75. The first-order chi connectivity index (χ1) is 10.5. The molecule has 2 fully saturated rings. The molecule has 0 bridgehead atoms. The molecular weight excluding hydrogens is 324 g/mol. The minimum Gasteiger partial charge on any atom is -0.374 e. The lowest BCUT2D eigenvalue weighted by atomic mass is 10.2. The lowest BCUT2D eigenvalue weighted by Gasteiger charge is -2.33. The number of hydrogen-bond acceptors (Lipinski definition) is 4. The second-order valence-corrected chi connectivity index (χ2v) is 8.07. The molecule has 7 heteroatoms. The van der Waals surface area contributed by atoms with E-state index in [9.17, 15) is 8.42 Å². The Bertz CT molecular complexity index is 646. The van der Waals surface area contributed by atoms with E-state index in [0.29, 0.717) is 12.6 Å². The van der Waals surface area contributed by atoms with Gasteiger partial charge in [0.15, 0.2) is 0 Å². The molecule has 0 amide bonds. The maximum Gasteiger partial charge on any atom is 0.242 e. The van der Waals surface area contributed by atoms with E-state index in [0.717, 1.165) is 18.7 Å². The number of sulfonamides is 1. The van der Waals surface area contributed by atoms with E-state index in [2.05, 4.69) is 9.62 Å². The van der Waals surface area contributed by atoms with Crippen LogP contribution in [-0.4, -0.2) is 51.7 Å². The van der Waals surface area contributed by atoms with Gasteiger partial charge in [-0.3, -0.25) is 4.90 Å². The summed E-state index contributed by atoms with van der Waals surface area (Å²) < 4.78 is 33.1. The maximum absolute atomic E-state index is 12.4. The number of rotatable bonds is 5. The monoisotopic (exact) mass is 344 g/mol. The number of aryl methyl sites for hydroxylation is 1. The molecule has 5 nitrogen and oxygen atoms in total. The first-order valence-corrected chi connectivity index (χ1v) is 9.44. The van der Waals surface area contributed by atoms with Gasteiger partial charge in [0.05, 0.1) is 17.7 Å². The smallest absolute Gasteiger partial charge is 0.242 e. The highest BCUT2D eigenvalue weighted by atomic mass is 35.5.